The van der Waals surface area contributed by atoms with E-state index in [0.29, 0.717) is 17.9 Å². The molecule has 0 fully saturated rings. The third kappa shape index (κ3) is 7.39. The summed E-state index contributed by atoms with van der Waals surface area (Å²) in [5.74, 6) is 0.550. The molecule has 0 unspecified atom stereocenters. The summed E-state index contributed by atoms with van der Waals surface area (Å²) in [6.45, 7) is 10.8. The smallest absolute Gasteiger partial charge is 0.189 e. The summed E-state index contributed by atoms with van der Waals surface area (Å²) < 4.78 is 6.05. The summed E-state index contributed by atoms with van der Waals surface area (Å²) in [4.78, 5) is 17.9. The number of rotatable bonds is 10. The molecule has 4 nitrogen and oxygen atoms in total. The van der Waals surface area contributed by atoms with E-state index in [1.807, 2.05) is 62.6 Å². The van der Waals surface area contributed by atoms with E-state index >= 15 is 0 Å². The molecule has 0 aliphatic carbocycles. The molecule has 0 heterocycles. The Hall–Kier alpha value is -3.21. The van der Waals surface area contributed by atoms with Gasteiger partial charge in [0.15, 0.2) is 5.78 Å². The second kappa shape index (κ2) is 12.2. The standard InChI is InChI=1S/C32H40N2O2/c1-24-12-8-11-15-28(24)26-17-19-31(36-21-20-33(5)6)29(22-26)30(35)18-16-25-13-9-10-14-27(25)23-34(7)32(2,3)4/h8-19,22H,20-21,23H2,1-7H3/b18-16+. The van der Waals surface area contributed by atoms with Crippen molar-refractivity contribution >= 4 is 11.9 Å². The lowest BCUT2D eigenvalue weighted by atomic mass is 9.96. The average molecular weight is 485 g/mol. The van der Waals surface area contributed by atoms with E-state index in [0.717, 1.165) is 29.8 Å². The van der Waals surface area contributed by atoms with Crippen LogP contribution in [-0.4, -0.2) is 55.4 Å². The number of carbonyl (C=O) groups is 1. The lowest BCUT2D eigenvalue weighted by molar-refractivity contribution is 0.104. The van der Waals surface area contributed by atoms with Crippen molar-refractivity contribution in [1.82, 2.24) is 9.80 Å². The zero-order valence-electron chi connectivity index (χ0n) is 22.8. The SMILES string of the molecule is Cc1ccccc1-c1ccc(OCCN(C)C)c(C(=O)/C=C/c2ccccc2CN(C)C(C)(C)C)c1. The van der Waals surface area contributed by atoms with E-state index in [-0.39, 0.29) is 11.3 Å². The second-order valence-corrected chi connectivity index (χ2v) is 10.6. The highest BCUT2D eigenvalue weighted by atomic mass is 16.5. The van der Waals surface area contributed by atoms with Crippen LogP contribution < -0.4 is 4.74 Å². The highest BCUT2D eigenvalue weighted by molar-refractivity contribution is 6.09. The molecule has 0 aliphatic rings. The zero-order chi connectivity index (χ0) is 26.3. The lowest BCUT2D eigenvalue weighted by Crippen LogP contribution is -2.37. The molecule has 190 valence electrons. The van der Waals surface area contributed by atoms with E-state index in [1.165, 1.54) is 11.1 Å². The number of ketones is 1. The van der Waals surface area contributed by atoms with Crippen LogP contribution in [0.3, 0.4) is 0 Å². The fourth-order valence-electron chi connectivity index (χ4n) is 3.84. The molecule has 0 saturated heterocycles. The minimum Gasteiger partial charge on any atom is -0.491 e. The van der Waals surface area contributed by atoms with Gasteiger partial charge in [-0.25, -0.2) is 0 Å². The second-order valence-electron chi connectivity index (χ2n) is 10.6. The monoisotopic (exact) mass is 484 g/mol. The van der Waals surface area contributed by atoms with Crippen molar-refractivity contribution in [2.75, 3.05) is 34.3 Å². The number of allylic oxidation sites excluding steroid dienone is 1. The minimum atomic E-state index is -0.0655. The molecule has 0 amide bonds. The van der Waals surface area contributed by atoms with Crippen molar-refractivity contribution in [1.29, 1.82) is 0 Å². The summed E-state index contributed by atoms with van der Waals surface area (Å²) >= 11 is 0. The topological polar surface area (TPSA) is 32.8 Å². The third-order valence-corrected chi connectivity index (χ3v) is 6.52. The molecule has 0 spiro atoms. The molecule has 4 heteroatoms. The van der Waals surface area contributed by atoms with Crippen LogP contribution in [0.15, 0.2) is 72.8 Å². The van der Waals surface area contributed by atoms with Crippen LogP contribution in [0.5, 0.6) is 5.75 Å². The summed E-state index contributed by atoms with van der Waals surface area (Å²) in [5, 5.41) is 0. The Morgan fingerprint density at radius 2 is 1.64 bits per heavy atom. The molecule has 0 N–H and O–H groups in total. The van der Waals surface area contributed by atoms with Crippen molar-refractivity contribution in [2.45, 2.75) is 39.8 Å². The maximum Gasteiger partial charge on any atom is 0.189 e. The molecule has 0 bridgehead atoms. The summed E-state index contributed by atoms with van der Waals surface area (Å²) in [6, 6.07) is 22.4. The summed E-state index contributed by atoms with van der Waals surface area (Å²) in [6.07, 6.45) is 3.60. The van der Waals surface area contributed by atoms with E-state index in [1.54, 1.807) is 6.08 Å². The van der Waals surface area contributed by atoms with E-state index in [9.17, 15) is 4.79 Å². The van der Waals surface area contributed by atoms with E-state index in [4.69, 9.17) is 4.74 Å². The van der Waals surface area contributed by atoms with Crippen LogP contribution >= 0.6 is 0 Å². The van der Waals surface area contributed by atoms with Gasteiger partial charge in [0.25, 0.3) is 0 Å². The predicted octanol–water partition coefficient (Wildman–Crippen LogP) is 6.73. The van der Waals surface area contributed by atoms with E-state index in [2.05, 4.69) is 68.8 Å². The Labute approximate surface area is 217 Å². The van der Waals surface area contributed by atoms with Crippen molar-refractivity contribution in [3.8, 4) is 16.9 Å². The molecule has 3 rings (SSSR count). The number of carbonyl (C=O) groups excluding carboxylic acids is 1. The first-order valence-electron chi connectivity index (χ1n) is 12.6. The quantitative estimate of drug-likeness (QED) is 0.236. The van der Waals surface area contributed by atoms with Crippen LogP contribution in [0, 0.1) is 6.92 Å². The first kappa shape index (κ1) is 27.4. The minimum absolute atomic E-state index is 0.0570. The number of benzene rings is 3. The van der Waals surface area contributed by atoms with Gasteiger partial charge in [-0.2, -0.15) is 0 Å². The van der Waals surface area contributed by atoms with Gasteiger partial charge in [0.2, 0.25) is 0 Å². The maximum atomic E-state index is 13.5. The molecule has 0 aromatic heterocycles. The number of ether oxygens (including phenoxy) is 1. The van der Waals surface area contributed by atoms with Gasteiger partial charge in [-0.3, -0.25) is 9.69 Å². The van der Waals surface area contributed by atoms with E-state index < -0.39 is 0 Å². The number of aryl methyl sites for hydroxylation is 1. The van der Waals surface area contributed by atoms with Crippen molar-refractivity contribution in [2.24, 2.45) is 0 Å². The van der Waals surface area contributed by atoms with Gasteiger partial charge in [0.05, 0.1) is 5.56 Å². The largest absolute Gasteiger partial charge is 0.491 e. The van der Waals surface area contributed by atoms with Gasteiger partial charge in [0.1, 0.15) is 12.4 Å². The van der Waals surface area contributed by atoms with Gasteiger partial charge >= 0.3 is 0 Å². The number of likely N-dealkylation sites (N-methyl/N-ethyl adjacent to an activating group) is 1. The Kier molecular flexibility index (Phi) is 9.25. The van der Waals surface area contributed by atoms with Crippen LogP contribution in [0.1, 0.15) is 47.8 Å². The Bertz CT molecular complexity index is 1200. The van der Waals surface area contributed by atoms with Crippen LogP contribution in [0.2, 0.25) is 0 Å². The van der Waals surface area contributed by atoms with Crippen LogP contribution in [0.4, 0.5) is 0 Å². The molecular weight excluding hydrogens is 444 g/mol. The van der Waals surface area contributed by atoms with Gasteiger partial charge in [0, 0.05) is 18.6 Å². The Morgan fingerprint density at radius 3 is 2.33 bits per heavy atom. The highest BCUT2D eigenvalue weighted by Gasteiger charge is 2.18. The fourth-order valence-corrected chi connectivity index (χ4v) is 3.84. The summed E-state index contributed by atoms with van der Waals surface area (Å²) in [7, 11) is 6.14. The van der Waals surface area contributed by atoms with Crippen molar-refractivity contribution in [3.63, 3.8) is 0 Å². The van der Waals surface area contributed by atoms with Gasteiger partial charge in [-0.15, -0.1) is 0 Å². The van der Waals surface area contributed by atoms with Crippen molar-refractivity contribution < 1.29 is 9.53 Å². The van der Waals surface area contributed by atoms with Gasteiger partial charge in [-0.05, 0) is 94.9 Å². The molecular formula is C32H40N2O2. The third-order valence-electron chi connectivity index (χ3n) is 6.52. The Morgan fingerprint density at radius 1 is 0.944 bits per heavy atom. The van der Waals surface area contributed by atoms with Crippen LogP contribution in [0.25, 0.3) is 17.2 Å². The average Bonchev–Trinajstić information content (AvgIpc) is 2.83. The predicted molar refractivity (Wildman–Crippen MR) is 152 cm³/mol. The lowest BCUT2D eigenvalue weighted by Gasteiger charge is -2.32. The molecule has 0 atom stereocenters. The van der Waals surface area contributed by atoms with Crippen LogP contribution in [-0.2, 0) is 6.54 Å². The maximum absolute atomic E-state index is 13.5. The molecule has 0 saturated carbocycles. The Balaban J connectivity index is 1.93. The number of hydrogen-bond acceptors (Lipinski definition) is 4. The first-order valence-corrected chi connectivity index (χ1v) is 12.6. The highest BCUT2D eigenvalue weighted by Crippen LogP contribution is 2.30. The molecule has 0 aliphatic heterocycles. The molecule has 0 radical (unpaired) electrons. The zero-order valence-corrected chi connectivity index (χ0v) is 22.8. The molecule has 3 aromatic carbocycles. The van der Waals surface area contributed by atoms with Gasteiger partial charge in [-0.1, -0.05) is 60.7 Å². The first-order chi connectivity index (χ1) is 17.1. The normalized spacial score (nSPS) is 12.0. The summed E-state index contributed by atoms with van der Waals surface area (Å²) in [5.41, 5.74) is 6.17. The molecule has 3 aromatic rings. The number of nitrogens with zero attached hydrogens (tertiary/aromatic N) is 2. The number of hydrogen-bond donors (Lipinski definition) is 0. The van der Waals surface area contributed by atoms with Crippen molar-refractivity contribution in [3.05, 3.63) is 95.1 Å². The van der Waals surface area contributed by atoms with Gasteiger partial charge < -0.3 is 9.64 Å². The molecule has 36 heavy (non-hydrogen) atoms. The fraction of sp³-hybridized carbons (Fsp3) is 0.344.